The van der Waals surface area contributed by atoms with Crippen molar-refractivity contribution in [3.8, 4) is 10.6 Å². The molecule has 0 saturated carbocycles. The summed E-state index contributed by atoms with van der Waals surface area (Å²) in [5.74, 6) is -0.168. The number of thiophene rings is 1. The number of fused-ring (bicyclic) bond motifs is 2. The molecule has 0 aliphatic heterocycles. The lowest BCUT2D eigenvalue weighted by molar-refractivity contribution is 0.102. The lowest BCUT2D eigenvalue weighted by atomic mass is 10.1. The molecule has 3 heterocycles. The number of aryl methyl sites for hydroxylation is 1. The van der Waals surface area contributed by atoms with Crippen molar-refractivity contribution in [3.05, 3.63) is 77.2 Å². The van der Waals surface area contributed by atoms with E-state index in [9.17, 15) is 4.79 Å². The first-order chi connectivity index (χ1) is 14.2. The van der Waals surface area contributed by atoms with Crippen molar-refractivity contribution in [2.75, 3.05) is 5.32 Å². The van der Waals surface area contributed by atoms with E-state index in [0.717, 1.165) is 38.1 Å². The van der Waals surface area contributed by atoms with E-state index < -0.39 is 0 Å². The normalized spacial score (nSPS) is 11.2. The monoisotopic (exact) mass is 415 g/mol. The van der Waals surface area contributed by atoms with E-state index in [0.29, 0.717) is 10.7 Å². The number of hydrogen-bond donors (Lipinski definition) is 1. The molecule has 0 fully saturated rings. The molecule has 1 amide bonds. The average molecular weight is 416 g/mol. The third-order valence-electron chi connectivity index (χ3n) is 4.84. The molecular weight excluding hydrogens is 398 g/mol. The van der Waals surface area contributed by atoms with Crippen LogP contribution in [-0.2, 0) is 6.42 Å². The Balaban J connectivity index is 1.57. The van der Waals surface area contributed by atoms with Gasteiger partial charge in [0.1, 0.15) is 0 Å². The van der Waals surface area contributed by atoms with Gasteiger partial charge in [-0.3, -0.25) is 10.1 Å². The van der Waals surface area contributed by atoms with Gasteiger partial charge in [0, 0.05) is 5.39 Å². The number of carbonyl (C=O) groups excluding carboxylic acids is 1. The molecule has 2 aromatic carbocycles. The van der Waals surface area contributed by atoms with Crippen LogP contribution < -0.4 is 5.32 Å². The molecule has 1 N–H and O–H groups in total. The first-order valence-electron chi connectivity index (χ1n) is 9.36. The van der Waals surface area contributed by atoms with Crippen LogP contribution in [-0.4, -0.2) is 15.9 Å². The van der Waals surface area contributed by atoms with Gasteiger partial charge in [-0.15, -0.1) is 11.3 Å². The Bertz CT molecular complexity index is 1340. The van der Waals surface area contributed by atoms with Gasteiger partial charge in [0.05, 0.1) is 31.9 Å². The highest BCUT2D eigenvalue weighted by molar-refractivity contribution is 7.22. The zero-order chi connectivity index (χ0) is 19.8. The molecule has 4 nitrogen and oxygen atoms in total. The molecule has 29 heavy (non-hydrogen) atoms. The quantitative estimate of drug-likeness (QED) is 0.370. The summed E-state index contributed by atoms with van der Waals surface area (Å²) in [4.78, 5) is 23.7. The molecule has 0 radical (unpaired) electrons. The van der Waals surface area contributed by atoms with E-state index in [1.54, 1.807) is 11.3 Å². The van der Waals surface area contributed by atoms with Crippen molar-refractivity contribution in [2.24, 2.45) is 0 Å². The van der Waals surface area contributed by atoms with Crippen LogP contribution in [0.2, 0.25) is 0 Å². The third-order valence-corrected chi connectivity index (χ3v) is 6.67. The first kappa shape index (κ1) is 18.0. The van der Waals surface area contributed by atoms with Crippen molar-refractivity contribution >= 4 is 54.8 Å². The van der Waals surface area contributed by atoms with E-state index >= 15 is 0 Å². The minimum atomic E-state index is -0.168. The lowest BCUT2D eigenvalue weighted by Crippen LogP contribution is -2.12. The average Bonchev–Trinajstić information content (AvgIpc) is 3.42. The Morgan fingerprint density at radius 1 is 1.03 bits per heavy atom. The largest absolute Gasteiger partial charge is 0.298 e. The van der Waals surface area contributed by atoms with Gasteiger partial charge < -0.3 is 0 Å². The van der Waals surface area contributed by atoms with E-state index in [2.05, 4.69) is 23.3 Å². The number of benzene rings is 2. The lowest BCUT2D eigenvalue weighted by Gasteiger charge is -2.08. The molecular formula is C23H17N3OS2. The Morgan fingerprint density at radius 2 is 1.93 bits per heavy atom. The zero-order valence-electron chi connectivity index (χ0n) is 15.7. The maximum Gasteiger partial charge on any atom is 0.258 e. The van der Waals surface area contributed by atoms with Crippen LogP contribution in [0.4, 0.5) is 5.13 Å². The van der Waals surface area contributed by atoms with Crippen molar-refractivity contribution in [2.45, 2.75) is 13.3 Å². The minimum Gasteiger partial charge on any atom is -0.298 e. The predicted molar refractivity (Wildman–Crippen MR) is 122 cm³/mol. The maximum atomic E-state index is 13.2. The fraction of sp³-hybridized carbons (Fsp3) is 0.0870. The summed E-state index contributed by atoms with van der Waals surface area (Å²) < 4.78 is 1.08. The molecule has 142 valence electrons. The van der Waals surface area contributed by atoms with Crippen LogP contribution in [0.1, 0.15) is 22.8 Å². The molecule has 0 aliphatic rings. The molecule has 3 aromatic heterocycles. The first-order valence-corrected chi connectivity index (χ1v) is 11.1. The minimum absolute atomic E-state index is 0.168. The SMILES string of the molecule is CCc1cccc2sc(NC(=O)c3cc(-c4cccs4)nc4ccccc34)nc12. The molecule has 0 atom stereocenters. The summed E-state index contributed by atoms with van der Waals surface area (Å²) in [5, 5.41) is 6.47. The standard InChI is InChI=1S/C23H17N3OS2/c1-2-14-7-5-10-20-21(14)25-23(29-20)26-22(27)16-13-18(19-11-6-12-28-19)24-17-9-4-3-8-15(16)17/h3-13H,2H2,1H3,(H,25,26,27). The van der Waals surface area contributed by atoms with Crippen LogP contribution in [0.15, 0.2) is 66.0 Å². The Kier molecular flexibility index (Phi) is 4.58. The predicted octanol–water partition coefficient (Wildman–Crippen LogP) is 6.39. The molecule has 0 aliphatic carbocycles. The highest BCUT2D eigenvalue weighted by Crippen LogP contribution is 2.31. The van der Waals surface area contributed by atoms with Crippen LogP contribution >= 0.6 is 22.7 Å². The van der Waals surface area contributed by atoms with E-state index in [-0.39, 0.29) is 5.91 Å². The molecule has 0 saturated heterocycles. The summed E-state index contributed by atoms with van der Waals surface area (Å²) >= 11 is 3.11. The molecule has 5 aromatic rings. The van der Waals surface area contributed by atoms with Gasteiger partial charge in [0.2, 0.25) is 0 Å². The van der Waals surface area contributed by atoms with E-state index in [1.807, 2.05) is 60.0 Å². The number of rotatable bonds is 4. The topological polar surface area (TPSA) is 54.9 Å². The number of para-hydroxylation sites is 2. The number of nitrogens with one attached hydrogen (secondary N) is 1. The van der Waals surface area contributed by atoms with Crippen LogP contribution in [0.5, 0.6) is 0 Å². The van der Waals surface area contributed by atoms with Crippen molar-refractivity contribution in [1.29, 1.82) is 0 Å². The van der Waals surface area contributed by atoms with Gasteiger partial charge in [-0.05, 0) is 41.6 Å². The molecule has 0 bridgehead atoms. The molecule has 5 rings (SSSR count). The number of anilines is 1. The van der Waals surface area contributed by atoms with Crippen LogP contribution in [0, 0.1) is 0 Å². The Morgan fingerprint density at radius 3 is 2.76 bits per heavy atom. The van der Waals surface area contributed by atoms with E-state index in [4.69, 9.17) is 4.98 Å². The summed E-state index contributed by atoms with van der Waals surface area (Å²) in [6.45, 7) is 2.11. The van der Waals surface area contributed by atoms with Crippen molar-refractivity contribution in [3.63, 3.8) is 0 Å². The van der Waals surface area contributed by atoms with Crippen molar-refractivity contribution < 1.29 is 4.79 Å². The van der Waals surface area contributed by atoms with Gasteiger partial charge in [-0.2, -0.15) is 0 Å². The number of thiazole rings is 1. The summed E-state index contributed by atoms with van der Waals surface area (Å²) in [6.07, 6.45) is 0.910. The number of amides is 1. The molecule has 0 spiro atoms. The Labute approximate surface area is 175 Å². The second kappa shape index (κ2) is 7.39. The number of hydrogen-bond acceptors (Lipinski definition) is 5. The summed E-state index contributed by atoms with van der Waals surface area (Å²) in [7, 11) is 0. The Hall–Kier alpha value is -3.09. The third kappa shape index (κ3) is 3.30. The van der Waals surface area contributed by atoms with Crippen molar-refractivity contribution in [1.82, 2.24) is 9.97 Å². The number of pyridine rings is 1. The zero-order valence-corrected chi connectivity index (χ0v) is 17.3. The van der Waals surface area contributed by atoms with Crippen LogP contribution in [0.25, 0.3) is 31.7 Å². The van der Waals surface area contributed by atoms with Gasteiger partial charge >= 0.3 is 0 Å². The van der Waals surface area contributed by atoms with E-state index in [1.165, 1.54) is 16.9 Å². The number of aromatic nitrogens is 2. The van der Waals surface area contributed by atoms with Gasteiger partial charge in [0.25, 0.3) is 5.91 Å². The highest BCUT2D eigenvalue weighted by atomic mass is 32.1. The fourth-order valence-electron chi connectivity index (χ4n) is 3.42. The summed E-state index contributed by atoms with van der Waals surface area (Å²) in [6, 6.07) is 19.8. The summed E-state index contributed by atoms with van der Waals surface area (Å²) in [5.41, 5.74) is 4.37. The highest BCUT2D eigenvalue weighted by Gasteiger charge is 2.16. The second-order valence-corrected chi connectivity index (χ2v) is 8.62. The fourth-order valence-corrected chi connectivity index (χ4v) is 5.02. The van der Waals surface area contributed by atoms with Gasteiger partial charge in [-0.1, -0.05) is 54.7 Å². The van der Waals surface area contributed by atoms with Gasteiger partial charge in [-0.25, -0.2) is 9.97 Å². The van der Waals surface area contributed by atoms with Crippen LogP contribution in [0.3, 0.4) is 0 Å². The van der Waals surface area contributed by atoms with Gasteiger partial charge in [0.15, 0.2) is 5.13 Å². The second-order valence-electron chi connectivity index (χ2n) is 6.64. The smallest absolute Gasteiger partial charge is 0.258 e. The molecule has 6 heteroatoms. The maximum absolute atomic E-state index is 13.2. The number of carbonyl (C=O) groups is 1. The number of nitrogens with zero attached hydrogens (tertiary/aromatic N) is 2. The molecule has 0 unspecified atom stereocenters.